The molecule has 4 aliphatic carbocycles. The standard InChI is InChI=1S/C28H29S.C19H17OS.C18H12F3S.C18H14OS.C13H13S/c1-3-7-25(8-4-1)29(26-9-5-2-6-10-26)27-13-11-24(12-14-27)28-18-21-15-22(19-28)17-23(16-21)20-28;1-20-16-12-14-19(15-13-16)21(17-8-4-2-5-9-17)18-10-6-3-7-11-18;19-13-1-7-16(8-2-13)22(17-9-3-14(20)4-10-17)18-11-5-15(21)6-12-18;19-15-11-13-18(14-12-15)20(16-7-3-1-4-8-16)17-9-5-2-6-10-17;1-14(12-8-4-2-5-9-12)13-10-6-3-7-11-13/h1-14,21-23H,15-20H2;2-15H,1H3;1-12H;1-14H;2-11H,1H3/q3*+1;;+1/p+1. The lowest BCUT2D eigenvalue weighted by Gasteiger charge is -2.57. The van der Waals surface area contributed by atoms with E-state index in [9.17, 15) is 18.3 Å². The summed E-state index contributed by atoms with van der Waals surface area (Å²) in [6.45, 7) is 0. The smallest absolute Gasteiger partial charge is 0.166 e. The molecule has 528 valence electrons. The van der Waals surface area contributed by atoms with Crippen molar-refractivity contribution >= 4 is 54.5 Å². The molecule has 4 bridgehead atoms. The summed E-state index contributed by atoms with van der Waals surface area (Å²) in [5.41, 5.74) is 2.12. The van der Waals surface area contributed by atoms with E-state index in [0.717, 1.165) is 38.2 Å². The van der Waals surface area contributed by atoms with Crippen molar-refractivity contribution < 1.29 is 23.0 Å². The van der Waals surface area contributed by atoms with Crippen LogP contribution in [0.25, 0.3) is 0 Å². The molecule has 1 N–H and O–H groups in total. The van der Waals surface area contributed by atoms with Gasteiger partial charge in [-0.25, -0.2) is 13.2 Å². The average molecular weight is 1490 g/mol. The summed E-state index contributed by atoms with van der Waals surface area (Å²) in [6, 6.07) is 130. The molecule has 0 saturated heterocycles. The Morgan fingerprint density at radius 1 is 0.264 bits per heavy atom. The second-order valence-electron chi connectivity index (χ2n) is 26.5. The maximum absolute atomic E-state index is 13.2. The number of aromatic hydroxyl groups is 1. The lowest BCUT2D eigenvalue weighted by molar-refractivity contribution is -0.00521. The molecule has 4 aliphatic rings. The van der Waals surface area contributed by atoms with Crippen molar-refractivity contribution in [3.63, 3.8) is 0 Å². The van der Waals surface area contributed by atoms with E-state index < -0.39 is 10.9 Å². The third kappa shape index (κ3) is 19.4. The first-order chi connectivity index (χ1) is 52.0. The number of halogens is 3. The van der Waals surface area contributed by atoms with Crippen LogP contribution in [0.1, 0.15) is 44.1 Å². The zero-order valence-electron chi connectivity index (χ0n) is 59.5. The van der Waals surface area contributed by atoms with E-state index >= 15 is 0 Å². The van der Waals surface area contributed by atoms with Crippen LogP contribution in [0.15, 0.2) is 457 Å². The van der Waals surface area contributed by atoms with Crippen LogP contribution in [0.4, 0.5) is 13.2 Å². The fourth-order valence-electron chi connectivity index (χ4n) is 14.8. The van der Waals surface area contributed by atoms with Crippen molar-refractivity contribution in [2.75, 3.05) is 13.4 Å². The Balaban J connectivity index is 0.000000119. The first kappa shape index (κ1) is 74.5. The van der Waals surface area contributed by atoms with E-state index in [1.165, 1.54) is 129 Å². The quantitative estimate of drug-likeness (QED) is 0.0977. The van der Waals surface area contributed by atoms with Crippen molar-refractivity contribution in [2.24, 2.45) is 17.8 Å². The van der Waals surface area contributed by atoms with Gasteiger partial charge in [-0.3, -0.25) is 0 Å². The molecular formula is C96H86F3O2S5+5. The van der Waals surface area contributed by atoms with Gasteiger partial charge in [-0.15, -0.1) is 0 Å². The van der Waals surface area contributed by atoms with Gasteiger partial charge < -0.3 is 9.84 Å². The summed E-state index contributed by atoms with van der Waals surface area (Å²) < 4.78 is 44.8. The first-order valence-electron chi connectivity index (χ1n) is 35.9. The highest BCUT2D eigenvalue weighted by Crippen LogP contribution is 2.61. The Morgan fingerprint density at radius 3 is 0.698 bits per heavy atom. The van der Waals surface area contributed by atoms with Gasteiger partial charge >= 0.3 is 0 Å². The fraction of sp³-hybridized carbons (Fsp3) is 0.125. The SMILES string of the molecule is COc1ccc([S+](c2ccccc2)c2ccccc2)cc1.C[S+](c1ccccc1)c1ccccc1.Fc1ccc([S+](c2ccc(F)cc2)c2ccc(F)cc2)cc1.Oc1ccc([S+](c2ccccc2)c2ccccc2)cc1.c1ccc([S+](c2ccccc2)c2ccc(C34CC5CC(CC(C5)C3)C4)cc2)cc1. The van der Waals surface area contributed by atoms with E-state index in [0.29, 0.717) is 11.2 Å². The largest absolute Gasteiger partial charge is 0.508 e. The van der Waals surface area contributed by atoms with Crippen LogP contribution in [-0.2, 0) is 59.9 Å². The molecule has 0 spiro atoms. The highest BCUT2D eigenvalue weighted by Gasteiger charge is 2.52. The summed E-state index contributed by atoms with van der Waals surface area (Å²) in [6.07, 6.45) is 11.2. The van der Waals surface area contributed by atoms with Crippen molar-refractivity contribution in [3.8, 4) is 11.5 Å². The van der Waals surface area contributed by atoms with Crippen LogP contribution < -0.4 is 4.74 Å². The molecule has 0 aliphatic heterocycles. The summed E-state index contributed by atoms with van der Waals surface area (Å²) >= 11 is 0. The van der Waals surface area contributed by atoms with Crippen molar-refractivity contribution in [2.45, 2.75) is 112 Å². The van der Waals surface area contributed by atoms with Gasteiger partial charge in [-0.1, -0.05) is 158 Å². The summed E-state index contributed by atoms with van der Waals surface area (Å²) in [7, 11) is 1.11. The Labute approximate surface area is 638 Å². The Hall–Kier alpha value is -9.78. The normalized spacial score (nSPS) is 16.0. The number of benzene rings is 14. The minimum atomic E-state index is -0.539. The molecule has 0 atom stereocenters. The third-order valence-corrected chi connectivity index (χ3v) is 30.2. The molecular weight excluding hydrogens is 1400 g/mol. The number of phenolic OH excluding ortho intramolecular Hbond substituents is 1. The predicted molar refractivity (Wildman–Crippen MR) is 437 cm³/mol. The summed E-state index contributed by atoms with van der Waals surface area (Å²) in [5, 5.41) is 9.48. The molecule has 4 fully saturated rings. The third-order valence-electron chi connectivity index (χ3n) is 19.3. The molecule has 0 heterocycles. The fourth-order valence-corrected chi connectivity index (χ4v) is 24.5. The Kier molecular flexibility index (Phi) is 26.0. The van der Waals surface area contributed by atoms with Crippen LogP contribution in [0, 0.1) is 35.2 Å². The molecule has 18 rings (SSSR count). The van der Waals surface area contributed by atoms with Crippen LogP contribution >= 0.6 is 0 Å². The number of rotatable bonds is 16. The van der Waals surface area contributed by atoms with Crippen LogP contribution in [0.5, 0.6) is 11.5 Å². The minimum absolute atomic E-state index is 0.0346. The molecule has 0 amide bonds. The zero-order chi connectivity index (χ0) is 72.9. The number of phenols is 1. The minimum Gasteiger partial charge on any atom is -0.508 e. The van der Waals surface area contributed by atoms with Gasteiger partial charge in [0.1, 0.15) is 35.2 Å². The van der Waals surface area contributed by atoms with E-state index in [2.05, 4.69) is 273 Å². The van der Waals surface area contributed by atoms with Gasteiger partial charge in [0.05, 0.1) is 61.6 Å². The first-order valence-corrected chi connectivity index (χ1v) is 42.4. The van der Waals surface area contributed by atoms with Crippen LogP contribution in [0.2, 0.25) is 0 Å². The molecule has 14 aromatic rings. The summed E-state index contributed by atoms with van der Waals surface area (Å²) in [5.74, 6) is 3.26. The highest BCUT2D eigenvalue weighted by molar-refractivity contribution is 7.98. The Bertz CT molecular complexity index is 4610. The van der Waals surface area contributed by atoms with Gasteiger partial charge in [0.15, 0.2) is 68.5 Å². The second kappa shape index (κ2) is 37.0. The molecule has 2 nitrogen and oxygen atoms in total. The van der Waals surface area contributed by atoms with E-state index in [4.69, 9.17) is 4.74 Å². The lowest BCUT2D eigenvalue weighted by Crippen LogP contribution is -2.48. The van der Waals surface area contributed by atoms with Crippen molar-refractivity contribution in [1.82, 2.24) is 0 Å². The van der Waals surface area contributed by atoms with Gasteiger partial charge in [-0.05, 0) is 298 Å². The number of hydrogen-bond donors (Lipinski definition) is 1. The number of hydrogen-bond acceptors (Lipinski definition) is 2. The highest BCUT2D eigenvalue weighted by atomic mass is 32.2. The second-order valence-corrected chi connectivity index (χ2v) is 36.6. The lowest BCUT2D eigenvalue weighted by atomic mass is 9.48. The maximum atomic E-state index is 13.2. The van der Waals surface area contributed by atoms with Gasteiger partial charge in [0, 0.05) is 0 Å². The molecule has 14 aromatic carbocycles. The van der Waals surface area contributed by atoms with Gasteiger partial charge in [-0.2, -0.15) is 0 Å². The van der Waals surface area contributed by atoms with Crippen LogP contribution in [-0.4, -0.2) is 18.5 Å². The Morgan fingerprint density at radius 2 is 0.462 bits per heavy atom. The van der Waals surface area contributed by atoms with E-state index in [-0.39, 0.29) is 61.0 Å². The molecule has 106 heavy (non-hydrogen) atoms. The van der Waals surface area contributed by atoms with Crippen molar-refractivity contribution in [1.29, 1.82) is 0 Å². The number of methoxy groups -OCH3 is 1. The van der Waals surface area contributed by atoms with Gasteiger partial charge in [0.25, 0.3) is 0 Å². The molecule has 10 heteroatoms. The monoisotopic (exact) mass is 1490 g/mol. The molecule has 0 aromatic heterocycles. The molecule has 4 saturated carbocycles. The summed E-state index contributed by atoms with van der Waals surface area (Å²) in [4.78, 5) is 17.4. The number of ether oxygens (including phenoxy) is 1. The topological polar surface area (TPSA) is 29.5 Å². The van der Waals surface area contributed by atoms with Crippen molar-refractivity contribution in [3.05, 3.63) is 411 Å². The maximum Gasteiger partial charge on any atom is 0.166 e. The zero-order valence-corrected chi connectivity index (χ0v) is 63.5. The predicted octanol–water partition coefficient (Wildman–Crippen LogP) is 25.1. The molecule has 0 radical (unpaired) electrons. The molecule has 0 unspecified atom stereocenters. The van der Waals surface area contributed by atoms with Gasteiger partial charge in [0.2, 0.25) is 0 Å². The van der Waals surface area contributed by atoms with E-state index in [1.54, 1.807) is 61.2 Å². The average Bonchev–Trinajstić information content (AvgIpc) is 0.734. The van der Waals surface area contributed by atoms with Crippen LogP contribution in [0.3, 0.4) is 0 Å². The van der Waals surface area contributed by atoms with E-state index in [1.807, 2.05) is 36.4 Å².